The number of hydrogen-bond donors (Lipinski definition) is 2. The maximum atomic E-state index is 13.9. The third kappa shape index (κ3) is 3.47. The van der Waals surface area contributed by atoms with Gasteiger partial charge < -0.3 is 16.0 Å². The van der Waals surface area contributed by atoms with Crippen LogP contribution in [0, 0.1) is 11.6 Å². The molecule has 1 saturated heterocycles. The molecule has 0 aliphatic carbocycles. The van der Waals surface area contributed by atoms with Crippen LogP contribution in [0.2, 0.25) is 0 Å². The lowest BCUT2D eigenvalue weighted by atomic mass is 10.1. The molecule has 0 radical (unpaired) electrons. The Labute approximate surface area is 127 Å². The molecule has 1 aromatic carbocycles. The van der Waals surface area contributed by atoms with Gasteiger partial charge in [0, 0.05) is 18.7 Å². The molecule has 1 aliphatic heterocycles. The van der Waals surface area contributed by atoms with Gasteiger partial charge >= 0.3 is 0 Å². The van der Waals surface area contributed by atoms with Crippen molar-refractivity contribution in [2.45, 2.75) is 25.8 Å². The van der Waals surface area contributed by atoms with Gasteiger partial charge in [-0.25, -0.2) is 8.78 Å². The highest BCUT2D eigenvalue weighted by atomic mass is 32.1. The molecule has 7 heteroatoms. The van der Waals surface area contributed by atoms with Gasteiger partial charge in [0.05, 0.1) is 0 Å². The van der Waals surface area contributed by atoms with Crippen molar-refractivity contribution in [2.24, 2.45) is 5.73 Å². The molecule has 0 spiro atoms. The number of nitrogens with zero attached hydrogens (tertiary/aromatic N) is 1. The van der Waals surface area contributed by atoms with Gasteiger partial charge in [0.2, 0.25) is 5.91 Å². The largest absolute Gasteiger partial charge is 0.389 e. The Morgan fingerprint density at radius 3 is 2.33 bits per heavy atom. The van der Waals surface area contributed by atoms with Crippen molar-refractivity contribution in [3.05, 3.63) is 29.3 Å². The topological polar surface area (TPSA) is 58.4 Å². The molecule has 0 saturated carbocycles. The van der Waals surface area contributed by atoms with Gasteiger partial charge in [-0.1, -0.05) is 12.2 Å². The molecule has 3 N–H and O–H groups in total. The van der Waals surface area contributed by atoms with E-state index in [-0.39, 0.29) is 22.1 Å². The van der Waals surface area contributed by atoms with E-state index in [2.05, 4.69) is 17.5 Å². The summed E-state index contributed by atoms with van der Waals surface area (Å²) >= 11 is 4.69. The standard InChI is InChI=1S/C14H17F2N3OS/c1-8(14(20)19-4-2-3-5-19)18-12-10(15)6-9(13(17)21)7-11(12)16/h6-8,18H,2-5H2,1H3,(H2,17,21). The van der Waals surface area contributed by atoms with Crippen LogP contribution in [0.25, 0.3) is 0 Å². The predicted octanol–water partition coefficient (Wildman–Crippen LogP) is 2.02. The predicted molar refractivity (Wildman–Crippen MR) is 81.1 cm³/mol. The number of anilines is 1. The summed E-state index contributed by atoms with van der Waals surface area (Å²) in [6.07, 6.45) is 1.92. The SMILES string of the molecule is CC(Nc1c(F)cc(C(N)=S)cc1F)C(=O)N1CCCC1. The molecule has 1 heterocycles. The molecule has 1 fully saturated rings. The van der Waals surface area contributed by atoms with Crippen LogP contribution in [0.3, 0.4) is 0 Å². The zero-order valence-corrected chi connectivity index (χ0v) is 12.5. The molecule has 1 aliphatic rings. The van der Waals surface area contributed by atoms with E-state index in [0.29, 0.717) is 13.1 Å². The van der Waals surface area contributed by atoms with Gasteiger partial charge in [-0.15, -0.1) is 0 Å². The summed E-state index contributed by atoms with van der Waals surface area (Å²) in [5, 5.41) is 2.60. The summed E-state index contributed by atoms with van der Waals surface area (Å²) in [5.41, 5.74) is 5.13. The molecule has 4 nitrogen and oxygen atoms in total. The number of carbonyl (C=O) groups is 1. The van der Waals surface area contributed by atoms with E-state index in [1.807, 2.05) is 0 Å². The molecular weight excluding hydrogens is 296 g/mol. The van der Waals surface area contributed by atoms with Crippen LogP contribution in [0.15, 0.2) is 12.1 Å². The van der Waals surface area contributed by atoms with E-state index in [9.17, 15) is 13.6 Å². The summed E-state index contributed by atoms with van der Waals surface area (Å²) < 4.78 is 27.9. The van der Waals surface area contributed by atoms with E-state index >= 15 is 0 Å². The van der Waals surface area contributed by atoms with Crippen LogP contribution in [-0.2, 0) is 4.79 Å². The van der Waals surface area contributed by atoms with Crippen molar-refractivity contribution in [3.8, 4) is 0 Å². The smallest absolute Gasteiger partial charge is 0.244 e. The first-order valence-electron chi connectivity index (χ1n) is 6.74. The quantitative estimate of drug-likeness (QED) is 0.835. The zero-order chi connectivity index (χ0) is 15.6. The Bertz CT molecular complexity index is 550. The number of carbonyl (C=O) groups excluding carboxylic acids is 1. The zero-order valence-electron chi connectivity index (χ0n) is 11.7. The van der Waals surface area contributed by atoms with Gasteiger partial charge in [0.25, 0.3) is 0 Å². The Morgan fingerprint density at radius 1 is 1.33 bits per heavy atom. The van der Waals surface area contributed by atoms with Crippen LogP contribution in [0.4, 0.5) is 14.5 Å². The molecule has 1 aromatic rings. The summed E-state index contributed by atoms with van der Waals surface area (Å²) in [6, 6.07) is 1.41. The average molecular weight is 313 g/mol. The second-order valence-electron chi connectivity index (χ2n) is 5.08. The summed E-state index contributed by atoms with van der Waals surface area (Å²) in [6.45, 7) is 2.97. The molecule has 0 bridgehead atoms. The van der Waals surface area contributed by atoms with Crippen LogP contribution in [0.1, 0.15) is 25.3 Å². The first-order valence-corrected chi connectivity index (χ1v) is 7.15. The number of likely N-dealkylation sites (tertiary alicyclic amines) is 1. The fourth-order valence-electron chi connectivity index (χ4n) is 2.34. The van der Waals surface area contributed by atoms with Crippen molar-refractivity contribution in [2.75, 3.05) is 18.4 Å². The Hall–Kier alpha value is -1.76. The third-order valence-corrected chi connectivity index (χ3v) is 3.71. The van der Waals surface area contributed by atoms with Crippen molar-refractivity contribution >= 4 is 28.8 Å². The Morgan fingerprint density at radius 2 is 1.86 bits per heavy atom. The first kappa shape index (κ1) is 15.6. The van der Waals surface area contributed by atoms with E-state index in [0.717, 1.165) is 25.0 Å². The average Bonchev–Trinajstić information content (AvgIpc) is 2.95. The number of halogens is 2. The second-order valence-corrected chi connectivity index (χ2v) is 5.52. The molecular formula is C14H17F2N3OS. The Balaban J connectivity index is 2.15. The normalized spacial score (nSPS) is 15.9. The highest BCUT2D eigenvalue weighted by Gasteiger charge is 2.25. The van der Waals surface area contributed by atoms with Crippen molar-refractivity contribution in [1.82, 2.24) is 4.90 Å². The van der Waals surface area contributed by atoms with Gasteiger partial charge in [0.1, 0.15) is 28.4 Å². The molecule has 1 atom stereocenters. The number of hydrogen-bond acceptors (Lipinski definition) is 3. The van der Waals surface area contributed by atoms with Crippen molar-refractivity contribution in [3.63, 3.8) is 0 Å². The van der Waals surface area contributed by atoms with E-state index in [1.165, 1.54) is 0 Å². The Kier molecular flexibility index (Phi) is 4.72. The van der Waals surface area contributed by atoms with Gasteiger partial charge in [-0.05, 0) is 31.9 Å². The highest BCUT2D eigenvalue weighted by molar-refractivity contribution is 7.80. The number of nitrogens with one attached hydrogen (secondary N) is 1. The van der Waals surface area contributed by atoms with Crippen molar-refractivity contribution in [1.29, 1.82) is 0 Å². The molecule has 0 aromatic heterocycles. The van der Waals surface area contributed by atoms with Crippen LogP contribution in [-0.4, -0.2) is 34.9 Å². The third-order valence-electron chi connectivity index (χ3n) is 3.48. The fourth-order valence-corrected chi connectivity index (χ4v) is 2.46. The molecule has 2 rings (SSSR count). The van der Waals surface area contributed by atoms with E-state index in [1.54, 1.807) is 11.8 Å². The summed E-state index contributed by atoms with van der Waals surface area (Å²) in [5.74, 6) is -1.80. The fraction of sp³-hybridized carbons (Fsp3) is 0.429. The first-order chi connectivity index (χ1) is 9.90. The van der Waals surface area contributed by atoms with Gasteiger partial charge in [-0.3, -0.25) is 4.79 Å². The monoisotopic (exact) mass is 313 g/mol. The molecule has 1 amide bonds. The van der Waals surface area contributed by atoms with Gasteiger partial charge in [0.15, 0.2) is 0 Å². The van der Waals surface area contributed by atoms with Crippen LogP contribution < -0.4 is 11.1 Å². The minimum atomic E-state index is -0.820. The maximum Gasteiger partial charge on any atom is 0.244 e. The number of nitrogens with two attached hydrogens (primary N) is 1. The van der Waals surface area contributed by atoms with Crippen LogP contribution in [0.5, 0.6) is 0 Å². The lowest BCUT2D eigenvalue weighted by molar-refractivity contribution is -0.130. The van der Waals surface area contributed by atoms with E-state index < -0.39 is 17.7 Å². The lowest BCUT2D eigenvalue weighted by Crippen LogP contribution is -2.40. The number of amides is 1. The molecule has 114 valence electrons. The number of rotatable bonds is 4. The maximum absolute atomic E-state index is 13.9. The summed E-state index contributed by atoms with van der Waals surface area (Å²) in [4.78, 5) is 13.7. The minimum absolute atomic E-state index is 0.0828. The molecule has 21 heavy (non-hydrogen) atoms. The second kappa shape index (κ2) is 6.34. The molecule has 1 unspecified atom stereocenters. The lowest BCUT2D eigenvalue weighted by Gasteiger charge is -2.22. The van der Waals surface area contributed by atoms with E-state index in [4.69, 9.17) is 5.73 Å². The highest BCUT2D eigenvalue weighted by Crippen LogP contribution is 2.22. The number of benzene rings is 1. The minimum Gasteiger partial charge on any atom is -0.389 e. The van der Waals surface area contributed by atoms with Crippen molar-refractivity contribution < 1.29 is 13.6 Å². The summed E-state index contributed by atoms with van der Waals surface area (Å²) in [7, 11) is 0. The van der Waals surface area contributed by atoms with Crippen LogP contribution >= 0.6 is 12.2 Å². The number of thiocarbonyl (C=S) groups is 1. The van der Waals surface area contributed by atoms with Gasteiger partial charge in [-0.2, -0.15) is 0 Å².